The number of rotatable bonds is 3. The normalized spacial score (nSPS) is 19.2. The molecule has 1 aliphatic rings. The number of aryl methyl sites for hydroxylation is 1. The first-order chi connectivity index (χ1) is 8.70. The van der Waals surface area contributed by atoms with Crippen molar-refractivity contribution in [2.45, 2.75) is 33.1 Å². The van der Waals surface area contributed by atoms with Gasteiger partial charge >= 0.3 is 5.97 Å². The Bertz CT molecular complexity index is 465. The number of hydrogen-bond acceptors (Lipinski definition) is 3. The summed E-state index contributed by atoms with van der Waals surface area (Å²) < 4.78 is 5.06. The van der Waals surface area contributed by atoms with Crippen LogP contribution in [0, 0.1) is 12.8 Å². The molecule has 0 spiro atoms. The van der Waals surface area contributed by atoms with Gasteiger partial charge in [-0.3, -0.25) is 9.78 Å². The fourth-order valence-electron chi connectivity index (χ4n) is 2.26. The Balaban J connectivity index is 2.05. The first-order valence-corrected chi connectivity index (χ1v) is 6.50. The van der Waals surface area contributed by atoms with E-state index in [-0.39, 0.29) is 11.9 Å². The molecule has 1 heterocycles. The summed E-state index contributed by atoms with van der Waals surface area (Å²) >= 11 is 0. The fourth-order valence-corrected chi connectivity index (χ4v) is 2.26. The lowest BCUT2D eigenvalue weighted by Crippen LogP contribution is -2.19. The Kier molecular flexibility index (Phi) is 4.13. The van der Waals surface area contributed by atoms with Crippen molar-refractivity contribution in [1.82, 2.24) is 4.98 Å². The number of ether oxygens (including phenoxy) is 1. The molecule has 0 aliphatic heterocycles. The van der Waals surface area contributed by atoms with Crippen LogP contribution in [0.1, 0.15) is 37.6 Å². The molecule has 1 aliphatic carbocycles. The highest BCUT2D eigenvalue weighted by Gasteiger charge is 2.23. The first-order valence-electron chi connectivity index (χ1n) is 6.50. The fraction of sp³-hybridized carbons (Fsp3) is 0.467. The van der Waals surface area contributed by atoms with E-state index in [1.54, 1.807) is 0 Å². The number of carbonyl (C=O) groups is 1. The minimum atomic E-state index is -0.0648. The predicted octanol–water partition coefficient (Wildman–Crippen LogP) is 3.14. The van der Waals surface area contributed by atoms with Gasteiger partial charge in [-0.1, -0.05) is 12.1 Å². The summed E-state index contributed by atoms with van der Waals surface area (Å²) in [6, 6.07) is 6.05. The average molecular weight is 245 g/mol. The standard InChI is InChI=1S/C15H19NO2/c1-3-18-15(17)13-9-7-12(8-10-13)14-6-4-5-11(2)16-14/h4-7,13H,3,8-10H2,1-2H3. The number of allylic oxidation sites excluding steroid dienone is 2. The number of pyridine rings is 1. The molecule has 1 unspecified atom stereocenters. The molecule has 18 heavy (non-hydrogen) atoms. The molecule has 0 saturated carbocycles. The number of hydrogen-bond donors (Lipinski definition) is 0. The van der Waals surface area contributed by atoms with E-state index in [1.165, 1.54) is 5.57 Å². The molecule has 1 aromatic rings. The largest absolute Gasteiger partial charge is 0.466 e. The van der Waals surface area contributed by atoms with E-state index in [9.17, 15) is 4.79 Å². The van der Waals surface area contributed by atoms with Gasteiger partial charge in [0, 0.05) is 5.69 Å². The third kappa shape index (κ3) is 2.97. The zero-order valence-corrected chi connectivity index (χ0v) is 11.0. The van der Waals surface area contributed by atoms with Crippen LogP contribution in [0.15, 0.2) is 24.3 Å². The van der Waals surface area contributed by atoms with Crippen molar-refractivity contribution >= 4 is 11.5 Å². The van der Waals surface area contributed by atoms with Gasteiger partial charge in [-0.05, 0) is 50.8 Å². The highest BCUT2D eigenvalue weighted by Crippen LogP contribution is 2.29. The van der Waals surface area contributed by atoms with E-state index in [2.05, 4.69) is 11.1 Å². The maximum Gasteiger partial charge on any atom is 0.309 e. The molecule has 0 N–H and O–H groups in total. The Labute approximate surface area is 108 Å². The Hall–Kier alpha value is -1.64. The van der Waals surface area contributed by atoms with Crippen molar-refractivity contribution in [2.24, 2.45) is 5.92 Å². The predicted molar refractivity (Wildman–Crippen MR) is 70.9 cm³/mol. The van der Waals surface area contributed by atoms with E-state index in [0.29, 0.717) is 6.61 Å². The molecule has 3 heteroatoms. The smallest absolute Gasteiger partial charge is 0.309 e. The van der Waals surface area contributed by atoms with Crippen molar-refractivity contribution < 1.29 is 9.53 Å². The molecule has 1 aromatic heterocycles. The molecule has 0 fully saturated rings. The maximum atomic E-state index is 11.6. The molecular formula is C15H19NO2. The minimum Gasteiger partial charge on any atom is -0.466 e. The van der Waals surface area contributed by atoms with Crippen LogP contribution in [0.4, 0.5) is 0 Å². The van der Waals surface area contributed by atoms with Crippen molar-refractivity contribution in [3.63, 3.8) is 0 Å². The molecule has 96 valence electrons. The second-order valence-corrected chi connectivity index (χ2v) is 4.62. The van der Waals surface area contributed by atoms with Gasteiger partial charge in [0.2, 0.25) is 0 Å². The van der Waals surface area contributed by atoms with Crippen LogP contribution in [0.25, 0.3) is 5.57 Å². The second-order valence-electron chi connectivity index (χ2n) is 4.62. The quantitative estimate of drug-likeness (QED) is 0.768. The number of carbonyl (C=O) groups excluding carboxylic acids is 1. The van der Waals surface area contributed by atoms with E-state index >= 15 is 0 Å². The summed E-state index contributed by atoms with van der Waals surface area (Å²) in [5, 5.41) is 0. The van der Waals surface area contributed by atoms with E-state index in [0.717, 1.165) is 30.7 Å². The summed E-state index contributed by atoms with van der Waals surface area (Å²) in [5.74, 6) is -0.0384. The SMILES string of the molecule is CCOC(=O)C1CC=C(c2cccc(C)n2)CC1. The monoisotopic (exact) mass is 245 g/mol. The zero-order chi connectivity index (χ0) is 13.0. The topological polar surface area (TPSA) is 39.2 Å². The third-order valence-electron chi connectivity index (χ3n) is 3.25. The third-order valence-corrected chi connectivity index (χ3v) is 3.25. The number of esters is 1. The summed E-state index contributed by atoms with van der Waals surface area (Å²) in [5.41, 5.74) is 3.32. The van der Waals surface area contributed by atoms with Gasteiger partial charge in [0.1, 0.15) is 0 Å². The van der Waals surface area contributed by atoms with Crippen LogP contribution in [0.3, 0.4) is 0 Å². The molecule has 0 saturated heterocycles. The Morgan fingerprint density at radius 3 is 2.94 bits per heavy atom. The summed E-state index contributed by atoms with van der Waals surface area (Å²) in [4.78, 5) is 16.1. The molecule has 3 nitrogen and oxygen atoms in total. The highest BCUT2D eigenvalue weighted by molar-refractivity contribution is 5.75. The molecule has 0 amide bonds. The van der Waals surface area contributed by atoms with E-state index in [1.807, 2.05) is 32.0 Å². The summed E-state index contributed by atoms with van der Waals surface area (Å²) in [6.07, 6.45) is 4.66. The lowest BCUT2D eigenvalue weighted by molar-refractivity contribution is -0.148. The molecule has 2 rings (SSSR count). The lowest BCUT2D eigenvalue weighted by atomic mass is 9.88. The van der Waals surface area contributed by atoms with Crippen LogP contribution < -0.4 is 0 Å². The molecular weight excluding hydrogens is 226 g/mol. The van der Waals surface area contributed by atoms with Gasteiger partial charge < -0.3 is 4.74 Å². The van der Waals surface area contributed by atoms with Crippen LogP contribution in [0.2, 0.25) is 0 Å². The molecule has 0 bridgehead atoms. The Morgan fingerprint density at radius 2 is 2.33 bits per heavy atom. The van der Waals surface area contributed by atoms with Gasteiger partial charge in [0.15, 0.2) is 0 Å². The van der Waals surface area contributed by atoms with Gasteiger partial charge in [0.05, 0.1) is 18.2 Å². The van der Waals surface area contributed by atoms with Crippen molar-refractivity contribution in [3.8, 4) is 0 Å². The van der Waals surface area contributed by atoms with Crippen LogP contribution in [-0.4, -0.2) is 17.6 Å². The molecule has 0 radical (unpaired) electrons. The zero-order valence-electron chi connectivity index (χ0n) is 11.0. The second kappa shape index (κ2) is 5.80. The number of nitrogens with zero attached hydrogens (tertiary/aromatic N) is 1. The number of aromatic nitrogens is 1. The van der Waals surface area contributed by atoms with Crippen LogP contribution in [-0.2, 0) is 9.53 Å². The van der Waals surface area contributed by atoms with Crippen molar-refractivity contribution in [2.75, 3.05) is 6.61 Å². The van der Waals surface area contributed by atoms with Crippen LogP contribution in [0.5, 0.6) is 0 Å². The maximum absolute atomic E-state index is 11.6. The lowest BCUT2D eigenvalue weighted by Gasteiger charge is -2.20. The summed E-state index contributed by atoms with van der Waals surface area (Å²) in [6.45, 7) is 4.30. The highest BCUT2D eigenvalue weighted by atomic mass is 16.5. The first kappa shape index (κ1) is 12.8. The van der Waals surface area contributed by atoms with Crippen molar-refractivity contribution in [1.29, 1.82) is 0 Å². The Morgan fingerprint density at radius 1 is 1.50 bits per heavy atom. The summed E-state index contributed by atoms with van der Waals surface area (Å²) in [7, 11) is 0. The van der Waals surface area contributed by atoms with Gasteiger partial charge in [-0.2, -0.15) is 0 Å². The van der Waals surface area contributed by atoms with Crippen molar-refractivity contribution in [3.05, 3.63) is 35.7 Å². The van der Waals surface area contributed by atoms with Crippen LogP contribution >= 0.6 is 0 Å². The van der Waals surface area contributed by atoms with Gasteiger partial charge in [-0.25, -0.2) is 0 Å². The van der Waals surface area contributed by atoms with Gasteiger partial charge in [-0.15, -0.1) is 0 Å². The molecule has 1 atom stereocenters. The molecule has 0 aromatic carbocycles. The van der Waals surface area contributed by atoms with Gasteiger partial charge in [0.25, 0.3) is 0 Å². The average Bonchev–Trinajstić information content (AvgIpc) is 2.39. The minimum absolute atomic E-state index is 0.0264. The van der Waals surface area contributed by atoms with E-state index in [4.69, 9.17) is 4.74 Å². The van der Waals surface area contributed by atoms with E-state index < -0.39 is 0 Å².